The van der Waals surface area contributed by atoms with E-state index in [0.717, 1.165) is 28.7 Å². The van der Waals surface area contributed by atoms with Crippen molar-refractivity contribution in [3.8, 4) is 5.75 Å². The maximum atomic E-state index is 13.2. The van der Waals surface area contributed by atoms with Crippen LogP contribution < -0.4 is 10.1 Å². The highest BCUT2D eigenvalue weighted by Crippen LogP contribution is 2.21. The molecule has 0 aliphatic carbocycles. The zero-order chi connectivity index (χ0) is 22.1. The Morgan fingerprint density at radius 3 is 2.47 bits per heavy atom. The van der Waals surface area contributed by atoms with Crippen LogP contribution in [0.5, 0.6) is 5.75 Å². The predicted molar refractivity (Wildman–Crippen MR) is 121 cm³/mol. The molecule has 162 valence electrons. The van der Waals surface area contributed by atoms with Gasteiger partial charge in [-0.25, -0.2) is 0 Å². The lowest BCUT2D eigenvalue weighted by atomic mass is 10.1. The molecule has 5 heteroatoms. The number of rotatable bonds is 10. The molecule has 0 aliphatic rings. The SMILES string of the molecule is CCCNC(=O)C(CC)N(Cc1cccc(C)c1)C(=O)COc1cccc(C)c1C. The number of nitrogens with zero attached hydrogens (tertiary/aromatic N) is 1. The molecule has 0 bridgehead atoms. The lowest BCUT2D eigenvalue weighted by Gasteiger charge is -2.30. The van der Waals surface area contributed by atoms with Gasteiger partial charge in [0.2, 0.25) is 5.91 Å². The van der Waals surface area contributed by atoms with Crippen LogP contribution in [0.4, 0.5) is 0 Å². The van der Waals surface area contributed by atoms with E-state index in [0.29, 0.717) is 25.3 Å². The van der Waals surface area contributed by atoms with E-state index in [2.05, 4.69) is 5.32 Å². The predicted octanol–water partition coefficient (Wildman–Crippen LogP) is 4.32. The molecule has 0 radical (unpaired) electrons. The van der Waals surface area contributed by atoms with Crippen molar-refractivity contribution in [3.63, 3.8) is 0 Å². The van der Waals surface area contributed by atoms with Crippen molar-refractivity contribution in [1.29, 1.82) is 0 Å². The Morgan fingerprint density at radius 2 is 1.80 bits per heavy atom. The van der Waals surface area contributed by atoms with E-state index < -0.39 is 6.04 Å². The first-order chi connectivity index (χ1) is 14.4. The second-order valence-corrected chi connectivity index (χ2v) is 7.71. The summed E-state index contributed by atoms with van der Waals surface area (Å²) in [4.78, 5) is 27.6. The standard InChI is InChI=1S/C25H34N2O3/c1-6-14-26-25(29)22(7-2)27(16-21-12-8-10-18(3)15-21)24(28)17-30-23-13-9-11-19(4)20(23)5/h8-13,15,22H,6-7,14,16-17H2,1-5H3,(H,26,29). The average Bonchev–Trinajstić information content (AvgIpc) is 2.73. The van der Waals surface area contributed by atoms with Crippen molar-refractivity contribution < 1.29 is 14.3 Å². The Kier molecular flexibility index (Phi) is 8.90. The number of hydrogen-bond acceptors (Lipinski definition) is 3. The number of nitrogens with one attached hydrogen (secondary N) is 1. The molecular formula is C25H34N2O3. The minimum atomic E-state index is -0.535. The smallest absolute Gasteiger partial charge is 0.261 e. The molecule has 0 spiro atoms. The number of hydrogen-bond donors (Lipinski definition) is 1. The normalized spacial score (nSPS) is 11.6. The van der Waals surface area contributed by atoms with Crippen molar-refractivity contribution in [1.82, 2.24) is 10.2 Å². The number of carbonyl (C=O) groups is 2. The molecule has 1 atom stereocenters. The van der Waals surface area contributed by atoms with Crippen LogP contribution in [0.3, 0.4) is 0 Å². The maximum Gasteiger partial charge on any atom is 0.261 e. The Hall–Kier alpha value is -2.82. The van der Waals surface area contributed by atoms with E-state index in [4.69, 9.17) is 4.74 Å². The number of aryl methyl sites for hydroxylation is 2. The van der Waals surface area contributed by atoms with Crippen LogP contribution in [0.25, 0.3) is 0 Å². The molecule has 5 nitrogen and oxygen atoms in total. The van der Waals surface area contributed by atoms with Gasteiger partial charge in [-0.05, 0) is 56.4 Å². The first kappa shape index (κ1) is 23.5. The topological polar surface area (TPSA) is 58.6 Å². The van der Waals surface area contributed by atoms with Gasteiger partial charge in [0.15, 0.2) is 6.61 Å². The monoisotopic (exact) mass is 410 g/mol. The molecule has 0 saturated carbocycles. The fourth-order valence-electron chi connectivity index (χ4n) is 3.40. The van der Waals surface area contributed by atoms with Crippen LogP contribution >= 0.6 is 0 Å². The van der Waals surface area contributed by atoms with Crippen molar-refractivity contribution in [2.45, 2.75) is 60.0 Å². The van der Waals surface area contributed by atoms with Gasteiger partial charge in [0.05, 0.1) is 0 Å². The molecule has 2 amide bonds. The van der Waals surface area contributed by atoms with Crippen LogP contribution in [0.1, 0.15) is 48.9 Å². The van der Waals surface area contributed by atoms with Gasteiger partial charge in [-0.2, -0.15) is 0 Å². The second kappa shape index (κ2) is 11.4. The summed E-state index contributed by atoms with van der Waals surface area (Å²) in [5.41, 5.74) is 4.25. The molecule has 0 aromatic heterocycles. The molecule has 30 heavy (non-hydrogen) atoms. The summed E-state index contributed by atoms with van der Waals surface area (Å²) < 4.78 is 5.85. The largest absolute Gasteiger partial charge is 0.483 e. The summed E-state index contributed by atoms with van der Waals surface area (Å²) in [6.07, 6.45) is 1.39. The molecule has 2 aromatic rings. The molecule has 0 fully saturated rings. The minimum Gasteiger partial charge on any atom is -0.483 e. The van der Waals surface area contributed by atoms with Crippen LogP contribution in [0.15, 0.2) is 42.5 Å². The van der Waals surface area contributed by atoms with E-state index in [1.165, 1.54) is 0 Å². The molecule has 0 saturated heterocycles. The number of ether oxygens (including phenoxy) is 1. The molecule has 0 heterocycles. The zero-order valence-electron chi connectivity index (χ0n) is 18.8. The van der Waals surface area contributed by atoms with Crippen LogP contribution in [0.2, 0.25) is 0 Å². The van der Waals surface area contributed by atoms with Crippen molar-refractivity contribution >= 4 is 11.8 Å². The summed E-state index contributed by atoms with van der Waals surface area (Å²) >= 11 is 0. The first-order valence-corrected chi connectivity index (χ1v) is 10.7. The number of amides is 2. The molecular weight excluding hydrogens is 376 g/mol. The summed E-state index contributed by atoms with van der Waals surface area (Å²) in [6, 6.07) is 13.3. The first-order valence-electron chi connectivity index (χ1n) is 10.7. The minimum absolute atomic E-state index is 0.104. The second-order valence-electron chi connectivity index (χ2n) is 7.71. The van der Waals surface area contributed by atoms with Crippen LogP contribution in [-0.2, 0) is 16.1 Å². The Labute approximate surface area is 180 Å². The van der Waals surface area contributed by atoms with Crippen molar-refractivity contribution in [3.05, 3.63) is 64.7 Å². The van der Waals surface area contributed by atoms with Crippen molar-refractivity contribution in [2.75, 3.05) is 13.2 Å². The van der Waals surface area contributed by atoms with E-state index in [1.807, 2.05) is 77.1 Å². The van der Waals surface area contributed by atoms with E-state index in [1.54, 1.807) is 4.90 Å². The van der Waals surface area contributed by atoms with Gasteiger partial charge in [-0.1, -0.05) is 55.8 Å². The third-order valence-corrected chi connectivity index (χ3v) is 5.28. The van der Waals surface area contributed by atoms with Gasteiger partial charge in [0, 0.05) is 13.1 Å². The van der Waals surface area contributed by atoms with Gasteiger partial charge in [0.1, 0.15) is 11.8 Å². The van der Waals surface area contributed by atoms with Gasteiger partial charge in [-0.15, -0.1) is 0 Å². The van der Waals surface area contributed by atoms with Gasteiger partial charge < -0.3 is 15.0 Å². The quantitative estimate of drug-likeness (QED) is 0.634. The fourth-order valence-corrected chi connectivity index (χ4v) is 3.40. The highest BCUT2D eigenvalue weighted by molar-refractivity contribution is 5.88. The van der Waals surface area contributed by atoms with E-state index in [-0.39, 0.29) is 18.4 Å². The number of benzene rings is 2. The molecule has 0 aliphatic heterocycles. The highest BCUT2D eigenvalue weighted by atomic mass is 16.5. The van der Waals surface area contributed by atoms with Crippen LogP contribution in [0, 0.1) is 20.8 Å². The molecule has 2 rings (SSSR count). The number of carbonyl (C=O) groups excluding carboxylic acids is 2. The summed E-state index contributed by atoms with van der Waals surface area (Å²) in [6.45, 7) is 10.8. The van der Waals surface area contributed by atoms with E-state index >= 15 is 0 Å². The third kappa shape index (κ3) is 6.34. The van der Waals surface area contributed by atoms with Gasteiger partial charge in [-0.3, -0.25) is 9.59 Å². The lowest BCUT2D eigenvalue weighted by Crippen LogP contribution is -2.50. The summed E-state index contributed by atoms with van der Waals surface area (Å²) in [7, 11) is 0. The van der Waals surface area contributed by atoms with Gasteiger partial charge in [0.25, 0.3) is 5.91 Å². The fraction of sp³-hybridized carbons (Fsp3) is 0.440. The zero-order valence-corrected chi connectivity index (χ0v) is 18.8. The third-order valence-electron chi connectivity index (χ3n) is 5.28. The van der Waals surface area contributed by atoms with E-state index in [9.17, 15) is 9.59 Å². The molecule has 2 aromatic carbocycles. The average molecular weight is 411 g/mol. The Balaban J connectivity index is 2.22. The Morgan fingerprint density at radius 1 is 1.07 bits per heavy atom. The molecule has 1 unspecified atom stereocenters. The molecule has 1 N–H and O–H groups in total. The van der Waals surface area contributed by atoms with Crippen LogP contribution in [-0.4, -0.2) is 35.9 Å². The van der Waals surface area contributed by atoms with Crippen molar-refractivity contribution in [2.24, 2.45) is 0 Å². The Bertz CT molecular complexity index is 863. The highest BCUT2D eigenvalue weighted by Gasteiger charge is 2.28. The van der Waals surface area contributed by atoms with Gasteiger partial charge >= 0.3 is 0 Å². The maximum absolute atomic E-state index is 13.2. The lowest BCUT2D eigenvalue weighted by molar-refractivity contribution is -0.143. The summed E-state index contributed by atoms with van der Waals surface area (Å²) in [5.74, 6) is 0.380. The summed E-state index contributed by atoms with van der Waals surface area (Å²) in [5, 5.41) is 2.93.